The first-order chi connectivity index (χ1) is 8.18. The topological polar surface area (TPSA) is 53.1 Å². The standard InChI is InChI=1S/C14H21N3/c1-17(10-11-6-2-3-7-11)13-9-5-4-8-12(13)14(15)16/h4-5,8-9,11H,2-3,6-7,10H2,1H3,(H3,15,16). The van der Waals surface area contributed by atoms with Crippen LogP contribution in [0.3, 0.4) is 0 Å². The highest BCUT2D eigenvalue weighted by molar-refractivity contribution is 6.00. The Hall–Kier alpha value is -1.51. The molecule has 17 heavy (non-hydrogen) atoms. The molecule has 1 aliphatic carbocycles. The molecule has 1 aromatic rings. The van der Waals surface area contributed by atoms with E-state index in [4.69, 9.17) is 11.1 Å². The second-order valence-corrected chi connectivity index (χ2v) is 4.96. The number of anilines is 1. The maximum atomic E-state index is 7.61. The molecule has 1 saturated carbocycles. The Kier molecular flexibility index (Phi) is 3.67. The molecule has 0 amide bonds. The number of benzene rings is 1. The van der Waals surface area contributed by atoms with Gasteiger partial charge in [0.15, 0.2) is 0 Å². The van der Waals surface area contributed by atoms with Gasteiger partial charge in [-0.3, -0.25) is 5.41 Å². The molecule has 1 aliphatic rings. The molecular formula is C14H21N3. The summed E-state index contributed by atoms with van der Waals surface area (Å²) in [6, 6.07) is 7.91. The van der Waals surface area contributed by atoms with Gasteiger partial charge in [-0.25, -0.2) is 0 Å². The minimum atomic E-state index is 0.152. The van der Waals surface area contributed by atoms with Crippen LogP contribution >= 0.6 is 0 Å². The van der Waals surface area contributed by atoms with Crippen LogP contribution in [0.4, 0.5) is 5.69 Å². The number of nitrogen functional groups attached to an aromatic ring is 1. The van der Waals surface area contributed by atoms with Crippen molar-refractivity contribution in [3.8, 4) is 0 Å². The Morgan fingerprint density at radius 3 is 2.65 bits per heavy atom. The van der Waals surface area contributed by atoms with Crippen LogP contribution in [0.2, 0.25) is 0 Å². The maximum Gasteiger partial charge on any atom is 0.124 e. The van der Waals surface area contributed by atoms with Crippen LogP contribution in [0, 0.1) is 11.3 Å². The van der Waals surface area contributed by atoms with Crippen molar-refractivity contribution in [1.29, 1.82) is 5.41 Å². The molecule has 0 bridgehead atoms. The van der Waals surface area contributed by atoms with Gasteiger partial charge in [0, 0.05) is 24.8 Å². The van der Waals surface area contributed by atoms with Gasteiger partial charge in [-0.1, -0.05) is 25.0 Å². The van der Waals surface area contributed by atoms with Gasteiger partial charge in [-0.15, -0.1) is 0 Å². The van der Waals surface area contributed by atoms with E-state index in [1.54, 1.807) is 0 Å². The molecule has 1 aromatic carbocycles. The predicted octanol–water partition coefficient (Wildman–Crippen LogP) is 2.60. The quantitative estimate of drug-likeness (QED) is 0.618. The molecule has 0 radical (unpaired) electrons. The first-order valence-corrected chi connectivity index (χ1v) is 6.33. The Morgan fingerprint density at radius 2 is 2.00 bits per heavy atom. The second kappa shape index (κ2) is 5.21. The molecule has 3 N–H and O–H groups in total. The van der Waals surface area contributed by atoms with Gasteiger partial charge in [0.05, 0.1) is 0 Å². The first-order valence-electron chi connectivity index (χ1n) is 6.33. The average molecular weight is 231 g/mol. The van der Waals surface area contributed by atoms with Crippen LogP contribution in [0.5, 0.6) is 0 Å². The zero-order valence-corrected chi connectivity index (χ0v) is 10.4. The summed E-state index contributed by atoms with van der Waals surface area (Å²) in [7, 11) is 2.10. The lowest BCUT2D eigenvalue weighted by Gasteiger charge is -2.25. The van der Waals surface area contributed by atoms with E-state index in [0.717, 1.165) is 23.7 Å². The van der Waals surface area contributed by atoms with E-state index < -0.39 is 0 Å². The van der Waals surface area contributed by atoms with Crippen molar-refractivity contribution < 1.29 is 0 Å². The molecule has 0 aliphatic heterocycles. The van der Waals surface area contributed by atoms with Gasteiger partial charge in [0.1, 0.15) is 5.84 Å². The number of amidine groups is 1. The smallest absolute Gasteiger partial charge is 0.124 e. The summed E-state index contributed by atoms with van der Waals surface area (Å²) < 4.78 is 0. The Labute approximate surface area is 103 Å². The fourth-order valence-corrected chi connectivity index (χ4v) is 2.71. The molecule has 1 fully saturated rings. The van der Waals surface area contributed by atoms with Crippen LogP contribution in [-0.4, -0.2) is 19.4 Å². The van der Waals surface area contributed by atoms with Crippen molar-refractivity contribution in [2.45, 2.75) is 25.7 Å². The summed E-state index contributed by atoms with van der Waals surface area (Å²) in [4.78, 5) is 2.24. The summed E-state index contributed by atoms with van der Waals surface area (Å²) in [5.74, 6) is 0.957. The van der Waals surface area contributed by atoms with Gasteiger partial charge < -0.3 is 10.6 Å². The number of hydrogen-bond acceptors (Lipinski definition) is 2. The third-order valence-electron chi connectivity index (χ3n) is 3.61. The molecule has 3 nitrogen and oxygen atoms in total. The molecule has 0 spiro atoms. The number of hydrogen-bond donors (Lipinski definition) is 2. The van der Waals surface area contributed by atoms with Gasteiger partial charge in [-0.2, -0.15) is 0 Å². The summed E-state index contributed by atoms with van der Waals surface area (Å²) in [6.45, 7) is 1.07. The van der Waals surface area contributed by atoms with E-state index in [2.05, 4.69) is 11.9 Å². The first kappa shape index (κ1) is 12.0. The third-order valence-corrected chi connectivity index (χ3v) is 3.61. The van der Waals surface area contributed by atoms with Crippen LogP contribution in [-0.2, 0) is 0 Å². The van der Waals surface area contributed by atoms with Crippen LogP contribution in [0.25, 0.3) is 0 Å². The lowest BCUT2D eigenvalue weighted by Crippen LogP contribution is -2.26. The molecule has 3 heteroatoms. The summed E-state index contributed by atoms with van der Waals surface area (Å²) >= 11 is 0. The molecule has 0 aromatic heterocycles. The van der Waals surface area contributed by atoms with E-state index in [1.807, 2.05) is 24.3 Å². The zero-order chi connectivity index (χ0) is 12.3. The third kappa shape index (κ3) is 2.78. The van der Waals surface area contributed by atoms with Crippen molar-refractivity contribution in [2.75, 3.05) is 18.5 Å². The van der Waals surface area contributed by atoms with E-state index in [9.17, 15) is 0 Å². The largest absolute Gasteiger partial charge is 0.384 e. The molecule has 0 unspecified atom stereocenters. The zero-order valence-electron chi connectivity index (χ0n) is 10.4. The van der Waals surface area contributed by atoms with Crippen molar-refractivity contribution in [2.24, 2.45) is 11.7 Å². The summed E-state index contributed by atoms with van der Waals surface area (Å²) in [5.41, 5.74) is 7.53. The predicted molar refractivity (Wildman–Crippen MR) is 72.7 cm³/mol. The fraction of sp³-hybridized carbons (Fsp3) is 0.500. The molecule has 0 atom stereocenters. The molecular weight excluding hydrogens is 210 g/mol. The number of para-hydroxylation sites is 1. The summed E-state index contributed by atoms with van der Waals surface area (Å²) in [6.07, 6.45) is 5.42. The normalized spacial score (nSPS) is 16.1. The Balaban J connectivity index is 2.12. The van der Waals surface area contributed by atoms with Crippen LogP contribution < -0.4 is 10.6 Å². The van der Waals surface area contributed by atoms with Crippen molar-refractivity contribution in [3.63, 3.8) is 0 Å². The van der Waals surface area contributed by atoms with Gasteiger partial charge in [-0.05, 0) is 30.9 Å². The van der Waals surface area contributed by atoms with E-state index in [-0.39, 0.29) is 5.84 Å². The van der Waals surface area contributed by atoms with E-state index >= 15 is 0 Å². The van der Waals surface area contributed by atoms with Gasteiger partial charge in [0.2, 0.25) is 0 Å². The monoisotopic (exact) mass is 231 g/mol. The number of nitrogens with two attached hydrogens (primary N) is 1. The highest BCUT2D eigenvalue weighted by Gasteiger charge is 2.18. The van der Waals surface area contributed by atoms with Gasteiger partial charge >= 0.3 is 0 Å². The highest BCUT2D eigenvalue weighted by atomic mass is 15.1. The van der Waals surface area contributed by atoms with E-state index in [0.29, 0.717) is 0 Å². The Bertz CT molecular complexity index is 394. The number of rotatable bonds is 4. The van der Waals surface area contributed by atoms with E-state index in [1.165, 1.54) is 25.7 Å². The maximum absolute atomic E-state index is 7.61. The SMILES string of the molecule is CN(CC1CCCC1)c1ccccc1C(=N)N. The minimum Gasteiger partial charge on any atom is -0.384 e. The number of nitrogens with one attached hydrogen (secondary N) is 1. The van der Waals surface area contributed by atoms with Crippen molar-refractivity contribution in [1.82, 2.24) is 0 Å². The number of nitrogens with zero attached hydrogens (tertiary/aromatic N) is 1. The fourth-order valence-electron chi connectivity index (χ4n) is 2.71. The lowest BCUT2D eigenvalue weighted by atomic mass is 10.1. The van der Waals surface area contributed by atoms with Crippen LogP contribution in [0.1, 0.15) is 31.2 Å². The lowest BCUT2D eigenvalue weighted by molar-refractivity contribution is 0.547. The molecule has 2 rings (SSSR count). The highest BCUT2D eigenvalue weighted by Crippen LogP contribution is 2.27. The molecule has 0 heterocycles. The second-order valence-electron chi connectivity index (χ2n) is 4.96. The Morgan fingerprint density at radius 1 is 1.35 bits per heavy atom. The van der Waals surface area contributed by atoms with Crippen LogP contribution in [0.15, 0.2) is 24.3 Å². The molecule has 0 saturated heterocycles. The van der Waals surface area contributed by atoms with Gasteiger partial charge in [0.25, 0.3) is 0 Å². The van der Waals surface area contributed by atoms with Crippen molar-refractivity contribution >= 4 is 11.5 Å². The molecule has 92 valence electrons. The minimum absolute atomic E-state index is 0.152. The average Bonchev–Trinajstić information content (AvgIpc) is 2.81. The van der Waals surface area contributed by atoms with Crippen molar-refractivity contribution in [3.05, 3.63) is 29.8 Å². The summed E-state index contributed by atoms with van der Waals surface area (Å²) in [5, 5.41) is 7.61.